The van der Waals surface area contributed by atoms with E-state index in [1.54, 1.807) is 60.7 Å². The predicted octanol–water partition coefficient (Wildman–Crippen LogP) is 5.14. The smallest absolute Gasteiger partial charge is 0.294 e. The van der Waals surface area contributed by atoms with E-state index in [2.05, 4.69) is 26.6 Å². The highest BCUT2D eigenvalue weighted by Gasteiger charge is 2.36. The molecule has 0 saturated carbocycles. The molecule has 4 amide bonds. The number of rotatable bonds is 8. The topological polar surface area (TPSA) is 105 Å². The molecule has 1 aliphatic rings. The summed E-state index contributed by atoms with van der Waals surface area (Å²) in [5.41, 5.74) is 1.89. The van der Waals surface area contributed by atoms with Gasteiger partial charge in [0.25, 0.3) is 17.1 Å². The second kappa shape index (κ2) is 11.7. The fourth-order valence-corrected chi connectivity index (χ4v) is 4.59. The molecule has 0 atom stereocenters. The van der Waals surface area contributed by atoms with Crippen LogP contribution in [-0.2, 0) is 14.4 Å². The number of nitrogens with zero attached hydrogens (tertiary/aromatic N) is 1. The summed E-state index contributed by atoms with van der Waals surface area (Å²) < 4.78 is 6.16. The SMILES string of the molecule is O=C(COc1ccc(/C=C2\SC(=O)N(CC(=O)Nc3ccccc3)C2=O)cc1Br)Nc1ccccc1. The number of carbonyl (C=O) groups is 4. The third kappa shape index (κ3) is 6.61. The zero-order valence-electron chi connectivity index (χ0n) is 18.8. The zero-order chi connectivity index (χ0) is 25.5. The van der Waals surface area contributed by atoms with E-state index in [1.807, 2.05) is 24.3 Å². The highest BCUT2D eigenvalue weighted by molar-refractivity contribution is 9.10. The molecule has 0 spiro atoms. The first kappa shape index (κ1) is 25.2. The van der Waals surface area contributed by atoms with Crippen LogP contribution in [0.25, 0.3) is 6.08 Å². The molecule has 3 aromatic rings. The Morgan fingerprint density at radius 3 is 2.11 bits per heavy atom. The van der Waals surface area contributed by atoms with Crippen LogP contribution in [-0.4, -0.2) is 41.0 Å². The van der Waals surface area contributed by atoms with Gasteiger partial charge in [0.2, 0.25) is 5.91 Å². The van der Waals surface area contributed by atoms with Gasteiger partial charge in [-0.15, -0.1) is 0 Å². The normalized spacial score (nSPS) is 14.1. The number of hydrogen-bond acceptors (Lipinski definition) is 6. The number of imide groups is 1. The van der Waals surface area contributed by atoms with E-state index >= 15 is 0 Å². The van der Waals surface area contributed by atoms with Crippen molar-refractivity contribution in [3.63, 3.8) is 0 Å². The molecule has 0 aromatic heterocycles. The van der Waals surface area contributed by atoms with Crippen LogP contribution in [0.2, 0.25) is 0 Å². The van der Waals surface area contributed by atoms with Crippen molar-refractivity contribution in [2.75, 3.05) is 23.8 Å². The largest absolute Gasteiger partial charge is 0.483 e. The molecule has 1 fully saturated rings. The fraction of sp³-hybridized carbons (Fsp3) is 0.0769. The van der Waals surface area contributed by atoms with Crippen molar-refractivity contribution in [2.24, 2.45) is 0 Å². The molecule has 0 radical (unpaired) electrons. The van der Waals surface area contributed by atoms with Gasteiger partial charge in [-0.2, -0.15) is 0 Å². The van der Waals surface area contributed by atoms with Crippen molar-refractivity contribution >= 4 is 68.1 Å². The summed E-state index contributed by atoms with van der Waals surface area (Å²) in [5.74, 6) is -0.865. The Kier molecular flexibility index (Phi) is 8.19. The molecule has 0 unspecified atom stereocenters. The highest BCUT2D eigenvalue weighted by atomic mass is 79.9. The maximum atomic E-state index is 12.7. The molecular formula is C26H20BrN3O5S. The van der Waals surface area contributed by atoms with Gasteiger partial charge in [0.15, 0.2) is 6.61 Å². The predicted molar refractivity (Wildman–Crippen MR) is 142 cm³/mol. The molecule has 8 nitrogen and oxygen atoms in total. The van der Waals surface area contributed by atoms with E-state index in [0.29, 0.717) is 27.2 Å². The Hall–Kier alpha value is -3.89. The Morgan fingerprint density at radius 2 is 1.50 bits per heavy atom. The number of anilines is 2. The zero-order valence-corrected chi connectivity index (χ0v) is 21.2. The van der Waals surface area contributed by atoms with Gasteiger partial charge >= 0.3 is 0 Å². The number of nitrogens with one attached hydrogen (secondary N) is 2. The first-order chi connectivity index (χ1) is 17.4. The number of ether oxygens (including phenoxy) is 1. The van der Waals surface area contributed by atoms with Gasteiger partial charge in [-0.05, 0) is 75.7 Å². The second-order valence-corrected chi connectivity index (χ2v) is 9.42. The van der Waals surface area contributed by atoms with Gasteiger partial charge in [0.05, 0.1) is 9.38 Å². The molecule has 0 bridgehead atoms. The molecule has 0 aliphatic carbocycles. The van der Waals surface area contributed by atoms with Crippen LogP contribution >= 0.6 is 27.7 Å². The minimum atomic E-state index is -0.540. The maximum absolute atomic E-state index is 12.7. The molecule has 3 aromatic carbocycles. The lowest BCUT2D eigenvalue weighted by molar-refractivity contribution is -0.127. The molecular weight excluding hydrogens is 546 g/mol. The summed E-state index contributed by atoms with van der Waals surface area (Å²) >= 11 is 4.18. The van der Waals surface area contributed by atoms with Gasteiger partial charge in [0.1, 0.15) is 12.3 Å². The highest BCUT2D eigenvalue weighted by Crippen LogP contribution is 2.34. The van der Waals surface area contributed by atoms with Crippen LogP contribution in [0, 0.1) is 0 Å². The molecule has 182 valence electrons. The van der Waals surface area contributed by atoms with Crippen LogP contribution in [0.15, 0.2) is 88.2 Å². The van der Waals surface area contributed by atoms with E-state index in [9.17, 15) is 19.2 Å². The Labute approximate surface area is 219 Å². The molecule has 1 aliphatic heterocycles. The van der Waals surface area contributed by atoms with E-state index in [1.165, 1.54) is 0 Å². The molecule has 2 N–H and O–H groups in total. The van der Waals surface area contributed by atoms with Crippen LogP contribution in [0.1, 0.15) is 5.56 Å². The van der Waals surface area contributed by atoms with Crippen LogP contribution < -0.4 is 15.4 Å². The molecule has 36 heavy (non-hydrogen) atoms. The number of para-hydroxylation sites is 2. The van der Waals surface area contributed by atoms with E-state index < -0.39 is 17.1 Å². The fourth-order valence-electron chi connectivity index (χ4n) is 3.24. The van der Waals surface area contributed by atoms with Crippen molar-refractivity contribution in [3.8, 4) is 5.75 Å². The minimum absolute atomic E-state index is 0.184. The Balaban J connectivity index is 1.35. The molecule has 4 rings (SSSR count). The number of benzene rings is 3. The Bertz CT molecular complexity index is 1330. The van der Waals surface area contributed by atoms with Gasteiger partial charge in [-0.25, -0.2) is 0 Å². The molecule has 1 saturated heterocycles. The molecule has 10 heteroatoms. The van der Waals surface area contributed by atoms with Gasteiger partial charge in [-0.3, -0.25) is 24.1 Å². The summed E-state index contributed by atoms with van der Waals surface area (Å²) in [7, 11) is 0. The molecule has 1 heterocycles. The van der Waals surface area contributed by atoms with Crippen molar-refractivity contribution in [2.45, 2.75) is 0 Å². The number of thioether (sulfide) groups is 1. The summed E-state index contributed by atoms with van der Waals surface area (Å²) in [6.45, 7) is -0.560. The average molecular weight is 566 g/mol. The van der Waals surface area contributed by atoms with Crippen LogP contribution in [0.5, 0.6) is 5.75 Å². The first-order valence-corrected chi connectivity index (χ1v) is 12.4. The summed E-state index contributed by atoms with van der Waals surface area (Å²) in [5, 5.41) is 4.88. The standard InChI is InChI=1S/C26H20BrN3O5S/c27-20-13-17(11-12-21(20)35-16-24(32)29-19-9-5-2-6-10-19)14-22-25(33)30(26(34)36-22)15-23(31)28-18-7-3-1-4-8-18/h1-14H,15-16H2,(H,28,31)(H,29,32)/b22-14-. The lowest BCUT2D eigenvalue weighted by atomic mass is 10.2. The lowest BCUT2D eigenvalue weighted by Gasteiger charge is -2.12. The van der Waals surface area contributed by atoms with Crippen molar-refractivity contribution in [1.29, 1.82) is 0 Å². The van der Waals surface area contributed by atoms with Crippen molar-refractivity contribution in [1.82, 2.24) is 4.90 Å². The number of hydrogen-bond donors (Lipinski definition) is 2. The average Bonchev–Trinajstić information content (AvgIpc) is 3.12. The van der Waals surface area contributed by atoms with Crippen molar-refractivity contribution in [3.05, 3.63) is 93.8 Å². The Morgan fingerprint density at radius 1 is 0.889 bits per heavy atom. The van der Waals surface area contributed by atoms with Crippen LogP contribution in [0.3, 0.4) is 0 Å². The number of carbonyl (C=O) groups excluding carboxylic acids is 4. The number of amides is 4. The van der Waals surface area contributed by atoms with E-state index in [4.69, 9.17) is 4.74 Å². The lowest BCUT2D eigenvalue weighted by Crippen LogP contribution is -2.36. The summed E-state index contributed by atoms with van der Waals surface area (Å²) in [6.07, 6.45) is 1.57. The second-order valence-electron chi connectivity index (χ2n) is 7.57. The van der Waals surface area contributed by atoms with E-state index in [0.717, 1.165) is 16.7 Å². The summed E-state index contributed by atoms with van der Waals surface area (Å²) in [6, 6.07) is 22.9. The van der Waals surface area contributed by atoms with Crippen molar-refractivity contribution < 1.29 is 23.9 Å². The van der Waals surface area contributed by atoms with Gasteiger partial charge in [-0.1, -0.05) is 42.5 Å². The van der Waals surface area contributed by atoms with Gasteiger partial charge < -0.3 is 15.4 Å². The van der Waals surface area contributed by atoms with E-state index in [-0.39, 0.29) is 24.0 Å². The van der Waals surface area contributed by atoms with Crippen LogP contribution in [0.4, 0.5) is 16.2 Å². The monoisotopic (exact) mass is 565 g/mol. The maximum Gasteiger partial charge on any atom is 0.294 e. The summed E-state index contributed by atoms with van der Waals surface area (Å²) in [4.78, 5) is 50.6. The quantitative estimate of drug-likeness (QED) is 0.366. The third-order valence-electron chi connectivity index (χ3n) is 4.90. The number of halogens is 1. The first-order valence-electron chi connectivity index (χ1n) is 10.8. The van der Waals surface area contributed by atoms with Gasteiger partial charge in [0, 0.05) is 11.4 Å². The third-order valence-corrected chi connectivity index (χ3v) is 6.43. The minimum Gasteiger partial charge on any atom is -0.483 e.